The number of imidazole rings is 1. The molecule has 1 amide bonds. The molecule has 28 heavy (non-hydrogen) atoms. The van der Waals surface area contributed by atoms with Crippen LogP contribution in [0.25, 0.3) is 5.52 Å². The Morgan fingerprint density at radius 3 is 2.68 bits per heavy atom. The van der Waals surface area contributed by atoms with Crippen LogP contribution >= 0.6 is 15.9 Å². The monoisotopic (exact) mass is 451 g/mol. The summed E-state index contributed by atoms with van der Waals surface area (Å²) in [5, 5.41) is 3.30. The molecule has 3 rings (SSSR count). The molecule has 1 aliphatic heterocycles. The Labute approximate surface area is 173 Å². The smallest absolute Gasteiger partial charge is 0.425 e. The number of rotatable bonds is 4. The normalized spacial score (nSPS) is 16.3. The molecule has 2 aromatic rings. The number of halogens is 1. The molecule has 0 aromatic carbocycles. The molecule has 1 saturated heterocycles. The molecule has 0 spiro atoms. The predicted octanol–water partition coefficient (Wildman–Crippen LogP) is 3.33. The van der Waals surface area contributed by atoms with E-state index in [9.17, 15) is 9.59 Å². The summed E-state index contributed by atoms with van der Waals surface area (Å²) in [5.74, 6) is 1.25. The lowest BCUT2D eigenvalue weighted by Gasteiger charge is -2.39. The van der Waals surface area contributed by atoms with Crippen molar-refractivity contribution in [3.8, 4) is 0 Å². The Hall–Kier alpha value is -2.00. The molecule has 8 nitrogen and oxygen atoms in total. The summed E-state index contributed by atoms with van der Waals surface area (Å²) < 4.78 is 8.33. The van der Waals surface area contributed by atoms with Crippen LogP contribution in [0.3, 0.4) is 0 Å². The Bertz CT molecular complexity index is 868. The number of hydrogen-bond donors (Lipinski definition) is 0. The molecule has 3 heterocycles. The predicted molar refractivity (Wildman–Crippen MR) is 108 cm³/mol. The zero-order chi connectivity index (χ0) is 20.5. The molecule has 0 unspecified atom stereocenters. The summed E-state index contributed by atoms with van der Waals surface area (Å²) in [7, 11) is 0. The number of nitrogens with zero attached hydrogens (tertiary/aromatic N) is 5. The fourth-order valence-corrected chi connectivity index (χ4v) is 4.17. The highest BCUT2D eigenvalue weighted by Crippen LogP contribution is 2.32. The van der Waals surface area contributed by atoms with Crippen LogP contribution in [-0.2, 0) is 9.53 Å². The van der Waals surface area contributed by atoms with Crippen molar-refractivity contribution in [3.63, 3.8) is 0 Å². The highest BCUT2D eigenvalue weighted by Gasteiger charge is 2.32. The third-order valence-corrected chi connectivity index (χ3v) is 5.30. The number of carbonyl (C=O) groups excluding carboxylic acids is 2. The summed E-state index contributed by atoms with van der Waals surface area (Å²) in [4.78, 5) is 32.6. The maximum atomic E-state index is 12.5. The maximum absolute atomic E-state index is 12.5. The first kappa shape index (κ1) is 20.7. The van der Waals surface area contributed by atoms with E-state index >= 15 is 0 Å². The van der Waals surface area contributed by atoms with Gasteiger partial charge in [-0.1, -0.05) is 0 Å². The number of hydrogen-bond acceptors (Lipinski definition) is 6. The summed E-state index contributed by atoms with van der Waals surface area (Å²) in [5.41, 5.74) is 1.30. The van der Waals surface area contributed by atoms with E-state index in [1.807, 2.05) is 38.9 Å². The van der Waals surface area contributed by atoms with Crippen LogP contribution in [0.4, 0.5) is 4.79 Å². The number of aldehydes is 1. The first-order chi connectivity index (χ1) is 13.2. The number of fused-ring (bicyclic) bond motifs is 1. The van der Waals surface area contributed by atoms with Crippen LogP contribution < -0.4 is 0 Å². The van der Waals surface area contributed by atoms with Crippen molar-refractivity contribution in [3.05, 3.63) is 28.5 Å². The fourth-order valence-electron chi connectivity index (χ4n) is 3.51. The SMILES string of the molecule is Cc1nccn2c(C3CCN(N(CC=O)C(=O)OC(C)(C)C)CC3)nc(Br)c12. The maximum Gasteiger partial charge on any atom is 0.425 e. The van der Waals surface area contributed by atoms with Crippen molar-refractivity contribution in [2.75, 3.05) is 19.6 Å². The van der Waals surface area contributed by atoms with Gasteiger partial charge >= 0.3 is 6.09 Å². The van der Waals surface area contributed by atoms with Gasteiger partial charge in [0.15, 0.2) is 0 Å². The third-order valence-electron chi connectivity index (χ3n) is 4.75. The molecule has 0 radical (unpaired) electrons. The fraction of sp³-hybridized carbons (Fsp3) is 0.579. The molecule has 0 saturated carbocycles. The minimum absolute atomic E-state index is 0.0116. The van der Waals surface area contributed by atoms with Crippen LogP contribution in [-0.4, -0.2) is 62.0 Å². The van der Waals surface area contributed by atoms with Gasteiger partial charge in [-0.05, 0) is 56.5 Å². The highest BCUT2D eigenvalue weighted by atomic mass is 79.9. The van der Waals surface area contributed by atoms with Crippen molar-refractivity contribution in [1.82, 2.24) is 24.4 Å². The van der Waals surface area contributed by atoms with Crippen molar-refractivity contribution >= 4 is 33.8 Å². The van der Waals surface area contributed by atoms with E-state index in [1.165, 1.54) is 5.01 Å². The molecule has 2 aromatic heterocycles. The van der Waals surface area contributed by atoms with Crippen molar-refractivity contribution in [1.29, 1.82) is 0 Å². The second-order valence-corrected chi connectivity index (χ2v) is 8.70. The molecule has 1 fully saturated rings. The minimum Gasteiger partial charge on any atom is -0.443 e. The average Bonchev–Trinajstić information content (AvgIpc) is 2.96. The van der Waals surface area contributed by atoms with Gasteiger partial charge in [-0.2, -0.15) is 0 Å². The molecule has 0 N–H and O–H groups in total. The lowest BCUT2D eigenvalue weighted by molar-refractivity contribution is -0.115. The van der Waals surface area contributed by atoms with Gasteiger partial charge in [0.1, 0.15) is 27.8 Å². The molecular weight excluding hydrogens is 426 g/mol. The van der Waals surface area contributed by atoms with Crippen LogP contribution in [0.15, 0.2) is 17.0 Å². The second-order valence-electron chi connectivity index (χ2n) is 7.95. The zero-order valence-corrected chi connectivity index (χ0v) is 18.3. The number of hydrazine groups is 1. The second kappa shape index (κ2) is 8.16. The zero-order valence-electron chi connectivity index (χ0n) is 16.7. The molecule has 0 aliphatic carbocycles. The lowest BCUT2D eigenvalue weighted by Crippen LogP contribution is -2.52. The number of aromatic nitrogens is 3. The first-order valence-corrected chi connectivity index (χ1v) is 10.2. The van der Waals surface area contributed by atoms with Gasteiger partial charge in [-0.25, -0.2) is 19.8 Å². The van der Waals surface area contributed by atoms with Gasteiger partial charge in [-0.15, -0.1) is 0 Å². The largest absolute Gasteiger partial charge is 0.443 e. The van der Waals surface area contributed by atoms with E-state index in [1.54, 1.807) is 6.20 Å². The number of ether oxygens (including phenoxy) is 1. The molecule has 0 bridgehead atoms. The first-order valence-electron chi connectivity index (χ1n) is 9.39. The van der Waals surface area contributed by atoms with Gasteiger partial charge in [0, 0.05) is 31.4 Å². The quantitative estimate of drug-likeness (QED) is 0.663. The van der Waals surface area contributed by atoms with Crippen LogP contribution in [0.2, 0.25) is 0 Å². The van der Waals surface area contributed by atoms with Gasteiger partial charge in [0.05, 0.1) is 12.2 Å². The molecular formula is C19H26BrN5O3. The Morgan fingerprint density at radius 2 is 2.07 bits per heavy atom. The van der Waals surface area contributed by atoms with Gasteiger partial charge in [0.2, 0.25) is 0 Å². The van der Waals surface area contributed by atoms with Gasteiger partial charge < -0.3 is 9.53 Å². The lowest BCUT2D eigenvalue weighted by atomic mass is 9.97. The Morgan fingerprint density at radius 1 is 1.39 bits per heavy atom. The highest BCUT2D eigenvalue weighted by molar-refractivity contribution is 9.10. The summed E-state index contributed by atoms with van der Waals surface area (Å²) in [6, 6.07) is 0. The van der Waals surface area contributed by atoms with Gasteiger partial charge in [0.25, 0.3) is 0 Å². The van der Waals surface area contributed by atoms with E-state index in [-0.39, 0.29) is 12.5 Å². The summed E-state index contributed by atoms with van der Waals surface area (Å²) in [6.45, 7) is 8.69. The van der Waals surface area contributed by atoms with E-state index in [0.29, 0.717) is 13.1 Å². The molecule has 1 aliphatic rings. The number of piperidine rings is 1. The molecule has 152 valence electrons. The number of amides is 1. The van der Waals surface area contributed by atoms with Crippen LogP contribution in [0.1, 0.15) is 51.0 Å². The van der Waals surface area contributed by atoms with Crippen molar-refractivity contribution < 1.29 is 14.3 Å². The molecule has 9 heteroatoms. The Balaban J connectivity index is 1.74. The van der Waals surface area contributed by atoms with E-state index in [0.717, 1.165) is 40.8 Å². The standard InChI is InChI=1S/C19H26BrN5O3/c1-13-15-16(20)22-17(24(15)10-7-21-13)14-5-8-23(9-6-14)25(11-12-26)18(27)28-19(2,3)4/h7,10,12,14H,5-6,8-9,11H2,1-4H3. The van der Waals surface area contributed by atoms with Crippen molar-refractivity contribution in [2.45, 2.75) is 52.1 Å². The van der Waals surface area contributed by atoms with Crippen LogP contribution in [0.5, 0.6) is 0 Å². The van der Waals surface area contributed by atoms with Crippen molar-refractivity contribution in [2.24, 2.45) is 0 Å². The molecule has 0 atom stereocenters. The third kappa shape index (κ3) is 4.35. The van der Waals surface area contributed by atoms with E-state index < -0.39 is 11.7 Å². The van der Waals surface area contributed by atoms with E-state index in [4.69, 9.17) is 9.72 Å². The summed E-state index contributed by atoms with van der Waals surface area (Å²) in [6.07, 6.45) is 5.60. The van der Waals surface area contributed by atoms with E-state index in [2.05, 4.69) is 25.3 Å². The average molecular weight is 452 g/mol. The van der Waals surface area contributed by atoms with Crippen LogP contribution in [0, 0.1) is 6.92 Å². The number of carbonyl (C=O) groups is 2. The van der Waals surface area contributed by atoms with Gasteiger partial charge in [-0.3, -0.25) is 9.38 Å². The Kier molecular flexibility index (Phi) is 6.04. The number of aryl methyl sites for hydroxylation is 1. The minimum atomic E-state index is -0.608. The summed E-state index contributed by atoms with van der Waals surface area (Å²) >= 11 is 3.55. The topological polar surface area (TPSA) is 80.0 Å².